The molecule has 0 atom stereocenters. The van der Waals surface area contributed by atoms with E-state index in [0.717, 1.165) is 16.3 Å². The van der Waals surface area contributed by atoms with Gasteiger partial charge in [0.15, 0.2) is 5.13 Å². The summed E-state index contributed by atoms with van der Waals surface area (Å²) in [7, 11) is 0. The summed E-state index contributed by atoms with van der Waals surface area (Å²) >= 11 is 4.01. The van der Waals surface area contributed by atoms with Crippen LogP contribution in [0.3, 0.4) is 0 Å². The summed E-state index contributed by atoms with van der Waals surface area (Å²) in [6.07, 6.45) is 0. The van der Waals surface area contributed by atoms with Crippen LogP contribution < -0.4 is 5.32 Å². The van der Waals surface area contributed by atoms with Gasteiger partial charge in [-0.2, -0.15) is 0 Å². The summed E-state index contributed by atoms with van der Waals surface area (Å²) in [5.41, 5.74) is 3.41. The predicted octanol–water partition coefficient (Wildman–Crippen LogP) is 4.95. The second-order valence-corrected chi connectivity index (χ2v) is 6.29. The zero-order valence-electron chi connectivity index (χ0n) is 9.77. The van der Waals surface area contributed by atoms with Crippen molar-refractivity contribution in [1.29, 1.82) is 0 Å². The summed E-state index contributed by atoms with van der Waals surface area (Å²) in [5, 5.41) is 4.33. The third kappa shape index (κ3) is 2.35. The highest BCUT2D eigenvalue weighted by atomic mass is 127. The average Bonchev–Trinajstić information content (AvgIpc) is 2.73. The van der Waals surface area contributed by atoms with Gasteiger partial charge in [0, 0.05) is 3.57 Å². The highest BCUT2D eigenvalue weighted by Crippen LogP contribution is 2.30. The molecule has 3 aromatic rings. The normalized spacial score (nSPS) is 10.8. The number of para-hydroxylation sites is 1. The zero-order valence-corrected chi connectivity index (χ0v) is 12.7. The molecule has 0 saturated carbocycles. The van der Waals surface area contributed by atoms with E-state index in [1.807, 2.05) is 12.1 Å². The van der Waals surface area contributed by atoms with Crippen molar-refractivity contribution >= 4 is 55.0 Å². The molecular formula is C14H11IN2S. The molecule has 3 rings (SSSR count). The summed E-state index contributed by atoms with van der Waals surface area (Å²) < 4.78 is 2.42. The number of rotatable bonds is 2. The number of thiazole rings is 1. The van der Waals surface area contributed by atoms with Crippen molar-refractivity contribution in [3.05, 3.63) is 51.6 Å². The average molecular weight is 366 g/mol. The van der Waals surface area contributed by atoms with Crippen LogP contribution in [0.25, 0.3) is 10.2 Å². The molecule has 4 heteroatoms. The topological polar surface area (TPSA) is 24.9 Å². The molecule has 1 heterocycles. The van der Waals surface area contributed by atoms with Gasteiger partial charge in [0.05, 0.1) is 15.9 Å². The van der Waals surface area contributed by atoms with E-state index in [4.69, 9.17) is 0 Å². The van der Waals surface area contributed by atoms with Crippen LogP contribution >= 0.6 is 33.9 Å². The van der Waals surface area contributed by atoms with Gasteiger partial charge in [-0.25, -0.2) is 4.98 Å². The van der Waals surface area contributed by atoms with Crippen LogP contribution in [0, 0.1) is 10.5 Å². The minimum Gasteiger partial charge on any atom is -0.331 e. The van der Waals surface area contributed by atoms with Gasteiger partial charge < -0.3 is 5.32 Å². The van der Waals surface area contributed by atoms with Gasteiger partial charge in [0.1, 0.15) is 0 Å². The maximum absolute atomic E-state index is 4.61. The number of anilines is 2. The zero-order chi connectivity index (χ0) is 12.5. The molecule has 0 saturated heterocycles. The van der Waals surface area contributed by atoms with Crippen molar-refractivity contribution in [3.8, 4) is 0 Å². The number of hydrogen-bond acceptors (Lipinski definition) is 3. The first-order valence-corrected chi connectivity index (χ1v) is 7.51. The summed E-state index contributed by atoms with van der Waals surface area (Å²) in [6.45, 7) is 2.09. The van der Waals surface area contributed by atoms with Gasteiger partial charge >= 0.3 is 0 Å². The monoisotopic (exact) mass is 366 g/mol. The lowest BCUT2D eigenvalue weighted by atomic mass is 10.2. The Labute approximate surface area is 123 Å². The van der Waals surface area contributed by atoms with Crippen LogP contribution in [-0.2, 0) is 0 Å². The lowest BCUT2D eigenvalue weighted by molar-refractivity contribution is 1.42. The first-order chi connectivity index (χ1) is 8.72. The van der Waals surface area contributed by atoms with Crippen molar-refractivity contribution in [2.24, 2.45) is 0 Å². The molecule has 0 bridgehead atoms. The van der Waals surface area contributed by atoms with E-state index in [9.17, 15) is 0 Å². The molecule has 0 spiro atoms. The maximum atomic E-state index is 4.61. The first kappa shape index (κ1) is 11.9. The van der Waals surface area contributed by atoms with E-state index >= 15 is 0 Å². The Balaban J connectivity index is 1.98. The van der Waals surface area contributed by atoms with E-state index < -0.39 is 0 Å². The molecule has 2 aromatic carbocycles. The Morgan fingerprint density at radius 1 is 1.17 bits per heavy atom. The quantitative estimate of drug-likeness (QED) is 0.649. The number of benzene rings is 2. The fourth-order valence-electron chi connectivity index (χ4n) is 1.77. The van der Waals surface area contributed by atoms with E-state index in [2.05, 4.69) is 70.1 Å². The van der Waals surface area contributed by atoms with E-state index in [1.54, 1.807) is 11.3 Å². The van der Waals surface area contributed by atoms with Crippen molar-refractivity contribution in [1.82, 2.24) is 4.98 Å². The van der Waals surface area contributed by atoms with Gasteiger partial charge in [-0.05, 0) is 59.3 Å². The molecule has 0 radical (unpaired) electrons. The third-order valence-electron chi connectivity index (χ3n) is 2.66. The van der Waals surface area contributed by atoms with Gasteiger partial charge in [-0.3, -0.25) is 0 Å². The smallest absolute Gasteiger partial charge is 0.188 e. The number of nitrogens with one attached hydrogen (secondary N) is 1. The summed E-state index contributed by atoms with van der Waals surface area (Å²) in [4.78, 5) is 4.61. The molecule has 18 heavy (non-hydrogen) atoms. The van der Waals surface area contributed by atoms with Crippen LogP contribution in [0.4, 0.5) is 10.8 Å². The standard InChI is InChI=1S/C14H11IN2S/c1-9-6-7-13-12(8-9)17-14(18-13)16-11-5-3-2-4-10(11)15/h2-8H,1H3,(H,16,17). The lowest BCUT2D eigenvalue weighted by Gasteiger charge is -2.03. The largest absolute Gasteiger partial charge is 0.331 e. The Kier molecular flexibility index (Phi) is 3.22. The van der Waals surface area contributed by atoms with Crippen LogP contribution in [-0.4, -0.2) is 4.98 Å². The van der Waals surface area contributed by atoms with Crippen molar-refractivity contribution < 1.29 is 0 Å². The fourth-order valence-corrected chi connectivity index (χ4v) is 3.15. The maximum Gasteiger partial charge on any atom is 0.188 e. The van der Waals surface area contributed by atoms with Gasteiger partial charge in [-0.1, -0.05) is 29.5 Å². The van der Waals surface area contributed by atoms with E-state index in [1.165, 1.54) is 13.8 Å². The Bertz CT molecular complexity index is 706. The number of fused-ring (bicyclic) bond motifs is 1. The predicted molar refractivity (Wildman–Crippen MR) is 86.8 cm³/mol. The molecule has 90 valence electrons. The Hall–Kier alpha value is -1.14. The van der Waals surface area contributed by atoms with Gasteiger partial charge in [-0.15, -0.1) is 0 Å². The van der Waals surface area contributed by atoms with Crippen molar-refractivity contribution in [2.45, 2.75) is 6.92 Å². The summed E-state index contributed by atoms with van der Waals surface area (Å²) in [5.74, 6) is 0. The number of nitrogens with zero attached hydrogens (tertiary/aromatic N) is 1. The SMILES string of the molecule is Cc1ccc2sc(Nc3ccccc3I)nc2c1. The van der Waals surface area contributed by atoms with E-state index in [0.29, 0.717) is 0 Å². The van der Waals surface area contributed by atoms with Crippen LogP contribution in [0.2, 0.25) is 0 Å². The molecule has 0 aliphatic heterocycles. The third-order valence-corrected chi connectivity index (χ3v) is 4.55. The molecule has 1 N–H and O–H groups in total. The minimum absolute atomic E-state index is 0.944. The fraction of sp³-hybridized carbons (Fsp3) is 0.0714. The second kappa shape index (κ2) is 4.85. The molecule has 0 aliphatic carbocycles. The number of halogens is 1. The molecule has 0 aliphatic rings. The molecule has 0 unspecified atom stereocenters. The van der Waals surface area contributed by atoms with Crippen LogP contribution in [0.1, 0.15) is 5.56 Å². The lowest BCUT2D eigenvalue weighted by Crippen LogP contribution is -1.91. The van der Waals surface area contributed by atoms with Crippen LogP contribution in [0.5, 0.6) is 0 Å². The minimum atomic E-state index is 0.944. The Morgan fingerprint density at radius 2 is 2.00 bits per heavy atom. The molecule has 0 amide bonds. The first-order valence-electron chi connectivity index (χ1n) is 5.61. The number of hydrogen-bond donors (Lipinski definition) is 1. The molecule has 2 nitrogen and oxygen atoms in total. The van der Waals surface area contributed by atoms with Gasteiger partial charge in [0.2, 0.25) is 0 Å². The van der Waals surface area contributed by atoms with E-state index in [-0.39, 0.29) is 0 Å². The highest BCUT2D eigenvalue weighted by molar-refractivity contribution is 14.1. The number of aryl methyl sites for hydroxylation is 1. The van der Waals surface area contributed by atoms with Crippen molar-refractivity contribution in [2.75, 3.05) is 5.32 Å². The number of aromatic nitrogens is 1. The summed E-state index contributed by atoms with van der Waals surface area (Å²) in [6, 6.07) is 14.6. The van der Waals surface area contributed by atoms with Gasteiger partial charge in [0.25, 0.3) is 0 Å². The molecule has 1 aromatic heterocycles. The Morgan fingerprint density at radius 3 is 2.83 bits per heavy atom. The molecular weight excluding hydrogens is 355 g/mol. The highest BCUT2D eigenvalue weighted by Gasteiger charge is 2.05. The van der Waals surface area contributed by atoms with Crippen LogP contribution in [0.15, 0.2) is 42.5 Å². The van der Waals surface area contributed by atoms with Crippen molar-refractivity contribution in [3.63, 3.8) is 0 Å². The second-order valence-electron chi connectivity index (χ2n) is 4.10. The molecule has 0 fully saturated rings.